The van der Waals surface area contributed by atoms with Crippen LogP contribution in [0.3, 0.4) is 0 Å². The third kappa shape index (κ3) is 7.22. The molecule has 2 fully saturated rings. The normalized spacial score (nSPS) is 20.6. The molecule has 1 aliphatic carbocycles. The van der Waals surface area contributed by atoms with Gasteiger partial charge in [-0.1, -0.05) is 19.3 Å². The van der Waals surface area contributed by atoms with Crippen LogP contribution in [0.15, 0.2) is 4.99 Å². The van der Waals surface area contributed by atoms with Crippen LogP contribution < -0.4 is 10.6 Å². The predicted octanol–water partition coefficient (Wildman–Crippen LogP) is 2.15. The molecule has 6 heteroatoms. The van der Waals surface area contributed by atoms with E-state index >= 15 is 0 Å². The van der Waals surface area contributed by atoms with Gasteiger partial charge in [-0.3, -0.25) is 9.79 Å². The van der Waals surface area contributed by atoms with Gasteiger partial charge in [0.15, 0.2) is 5.96 Å². The summed E-state index contributed by atoms with van der Waals surface area (Å²) in [7, 11) is 3.55. The Labute approximate surface area is 152 Å². The third-order valence-electron chi connectivity index (χ3n) is 5.39. The van der Waals surface area contributed by atoms with Crippen LogP contribution in [0.5, 0.6) is 0 Å². The summed E-state index contributed by atoms with van der Waals surface area (Å²) in [6.07, 6.45) is 10.8. The van der Waals surface area contributed by atoms with E-state index in [1.165, 1.54) is 32.1 Å². The van der Waals surface area contributed by atoms with Gasteiger partial charge < -0.3 is 20.3 Å². The number of ether oxygens (including phenoxy) is 1. The number of nitrogens with one attached hydrogen (secondary N) is 2. The maximum absolute atomic E-state index is 11.5. The molecule has 2 N–H and O–H groups in total. The number of nitrogens with zero attached hydrogens (tertiary/aromatic N) is 2. The van der Waals surface area contributed by atoms with Crippen molar-refractivity contribution in [2.24, 2.45) is 10.9 Å². The summed E-state index contributed by atoms with van der Waals surface area (Å²) in [6.45, 7) is 3.68. The van der Waals surface area contributed by atoms with Crippen LogP contribution in [0.4, 0.5) is 0 Å². The number of carbonyl (C=O) groups excluding carboxylic acids is 1. The fraction of sp³-hybridized carbons (Fsp3) is 0.895. The molecule has 1 amide bonds. The van der Waals surface area contributed by atoms with Crippen LogP contribution in [0, 0.1) is 5.92 Å². The van der Waals surface area contributed by atoms with Gasteiger partial charge in [-0.05, 0) is 38.0 Å². The van der Waals surface area contributed by atoms with Crippen molar-refractivity contribution in [1.29, 1.82) is 0 Å². The van der Waals surface area contributed by atoms with Crippen LogP contribution in [-0.2, 0) is 9.53 Å². The van der Waals surface area contributed by atoms with Crippen LogP contribution >= 0.6 is 0 Å². The zero-order valence-corrected chi connectivity index (χ0v) is 16.1. The Morgan fingerprint density at radius 3 is 2.52 bits per heavy atom. The van der Waals surface area contributed by atoms with Gasteiger partial charge in [0.1, 0.15) is 0 Å². The minimum Gasteiger partial charge on any atom is -0.378 e. The first kappa shape index (κ1) is 20.0. The number of amides is 1. The van der Waals surface area contributed by atoms with Crippen molar-refractivity contribution in [2.45, 2.75) is 63.9 Å². The number of guanidine groups is 1. The standard InChI is InChI=1S/C19H36N4O2/c1-20-18(24)15-16-9-12-23(13-10-16)19(21-2)22-11-6-14-25-17-7-4-3-5-8-17/h16-17H,3-15H2,1-2H3,(H,20,24)(H,21,22). The van der Waals surface area contributed by atoms with Gasteiger partial charge in [-0.15, -0.1) is 0 Å². The summed E-state index contributed by atoms with van der Waals surface area (Å²) in [6, 6.07) is 0. The first-order chi connectivity index (χ1) is 12.2. The van der Waals surface area contributed by atoms with Gasteiger partial charge in [0, 0.05) is 46.8 Å². The molecular weight excluding hydrogens is 316 g/mol. The number of hydrogen-bond donors (Lipinski definition) is 2. The minimum atomic E-state index is 0.152. The molecule has 144 valence electrons. The molecule has 1 aliphatic heterocycles. The Balaban J connectivity index is 1.58. The topological polar surface area (TPSA) is 66.0 Å². The molecule has 1 saturated heterocycles. The molecular formula is C19H36N4O2. The lowest BCUT2D eigenvalue weighted by atomic mass is 9.93. The lowest BCUT2D eigenvalue weighted by Crippen LogP contribution is -2.46. The Morgan fingerprint density at radius 2 is 1.88 bits per heavy atom. The quantitative estimate of drug-likeness (QED) is 0.419. The molecule has 1 heterocycles. The van der Waals surface area contributed by atoms with E-state index in [4.69, 9.17) is 4.74 Å². The highest BCUT2D eigenvalue weighted by molar-refractivity contribution is 5.80. The molecule has 2 rings (SSSR count). The summed E-state index contributed by atoms with van der Waals surface area (Å²) in [4.78, 5) is 18.2. The highest BCUT2D eigenvalue weighted by atomic mass is 16.5. The van der Waals surface area contributed by atoms with E-state index in [0.29, 0.717) is 18.4 Å². The summed E-state index contributed by atoms with van der Waals surface area (Å²) in [5, 5.41) is 6.18. The predicted molar refractivity (Wildman–Crippen MR) is 102 cm³/mol. The van der Waals surface area contributed by atoms with Crippen molar-refractivity contribution < 1.29 is 9.53 Å². The molecule has 0 aromatic heterocycles. The Hall–Kier alpha value is -1.30. The molecule has 0 aromatic carbocycles. The molecule has 0 spiro atoms. The second kappa shape index (κ2) is 11.3. The number of piperidine rings is 1. The lowest BCUT2D eigenvalue weighted by molar-refractivity contribution is -0.121. The molecule has 0 unspecified atom stereocenters. The second-order valence-corrected chi connectivity index (χ2v) is 7.27. The minimum absolute atomic E-state index is 0.152. The Bertz CT molecular complexity index is 414. The van der Waals surface area contributed by atoms with Gasteiger partial charge in [0.2, 0.25) is 5.91 Å². The second-order valence-electron chi connectivity index (χ2n) is 7.27. The average Bonchev–Trinajstić information content (AvgIpc) is 2.66. The monoisotopic (exact) mass is 352 g/mol. The van der Waals surface area contributed by atoms with Crippen molar-refractivity contribution in [3.8, 4) is 0 Å². The first-order valence-corrected chi connectivity index (χ1v) is 10.0. The van der Waals surface area contributed by atoms with Crippen LogP contribution in [0.2, 0.25) is 0 Å². The highest BCUT2D eigenvalue weighted by Crippen LogP contribution is 2.21. The molecule has 0 atom stereocenters. The third-order valence-corrected chi connectivity index (χ3v) is 5.39. The van der Waals surface area contributed by atoms with Gasteiger partial charge in [0.05, 0.1) is 6.10 Å². The van der Waals surface area contributed by atoms with E-state index in [1.54, 1.807) is 7.05 Å². The number of rotatable bonds is 7. The van der Waals surface area contributed by atoms with Gasteiger partial charge in [-0.2, -0.15) is 0 Å². The van der Waals surface area contributed by atoms with Crippen LogP contribution in [0.25, 0.3) is 0 Å². The Morgan fingerprint density at radius 1 is 1.16 bits per heavy atom. The molecule has 0 radical (unpaired) electrons. The maximum Gasteiger partial charge on any atom is 0.220 e. The van der Waals surface area contributed by atoms with Gasteiger partial charge >= 0.3 is 0 Å². The number of aliphatic imine (C=N–C) groups is 1. The summed E-state index contributed by atoms with van der Waals surface area (Å²) in [5.41, 5.74) is 0. The van der Waals surface area contributed by atoms with Gasteiger partial charge in [-0.25, -0.2) is 0 Å². The average molecular weight is 353 g/mol. The van der Waals surface area contributed by atoms with Crippen LogP contribution in [0.1, 0.15) is 57.8 Å². The highest BCUT2D eigenvalue weighted by Gasteiger charge is 2.23. The summed E-state index contributed by atoms with van der Waals surface area (Å²) >= 11 is 0. The van der Waals surface area contributed by atoms with Crippen molar-refractivity contribution in [3.63, 3.8) is 0 Å². The van der Waals surface area contributed by atoms with Crippen molar-refractivity contribution in [3.05, 3.63) is 0 Å². The summed E-state index contributed by atoms with van der Waals surface area (Å²) < 4.78 is 5.97. The van der Waals surface area contributed by atoms with E-state index < -0.39 is 0 Å². The lowest BCUT2D eigenvalue weighted by Gasteiger charge is -2.34. The zero-order valence-electron chi connectivity index (χ0n) is 16.1. The SMILES string of the molecule is CN=C(NCCCOC1CCCCC1)N1CCC(CC(=O)NC)CC1. The Kier molecular flexibility index (Phi) is 9.08. The molecule has 1 saturated carbocycles. The van der Waals surface area contributed by atoms with Gasteiger partial charge in [0.25, 0.3) is 0 Å². The van der Waals surface area contributed by atoms with Crippen LogP contribution in [-0.4, -0.2) is 63.2 Å². The maximum atomic E-state index is 11.5. The van der Waals surface area contributed by atoms with Crippen molar-refractivity contribution in [2.75, 3.05) is 40.3 Å². The largest absolute Gasteiger partial charge is 0.378 e. The summed E-state index contributed by atoms with van der Waals surface area (Å²) in [5.74, 6) is 1.63. The zero-order chi connectivity index (χ0) is 17.9. The molecule has 25 heavy (non-hydrogen) atoms. The first-order valence-electron chi connectivity index (χ1n) is 10.0. The van der Waals surface area contributed by atoms with Crippen molar-refractivity contribution in [1.82, 2.24) is 15.5 Å². The fourth-order valence-corrected chi connectivity index (χ4v) is 3.80. The fourth-order valence-electron chi connectivity index (χ4n) is 3.80. The van der Waals surface area contributed by atoms with E-state index in [0.717, 1.165) is 51.5 Å². The van der Waals surface area contributed by atoms with E-state index in [1.807, 2.05) is 7.05 Å². The smallest absolute Gasteiger partial charge is 0.220 e. The van der Waals surface area contributed by atoms with E-state index in [9.17, 15) is 4.79 Å². The molecule has 2 aliphatic rings. The molecule has 6 nitrogen and oxygen atoms in total. The van der Waals surface area contributed by atoms with Crippen molar-refractivity contribution >= 4 is 11.9 Å². The molecule has 0 bridgehead atoms. The van der Waals surface area contributed by atoms with E-state index in [2.05, 4.69) is 20.5 Å². The number of carbonyl (C=O) groups is 1. The van der Waals surface area contributed by atoms with E-state index in [-0.39, 0.29) is 5.91 Å². The molecule has 0 aromatic rings. The number of likely N-dealkylation sites (tertiary alicyclic amines) is 1. The number of hydrogen-bond acceptors (Lipinski definition) is 3.